The molecule has 126 valence electrons. The fraction of sp³-hybridized carbons (Fsp3) is 0.278. The Morgan fingerprint density at radius 1 is 1.12 bits per heavy atom. The monoisotopic (exact) mass is 329 g/mol. The molecule has 6 heteroatoms. The number of para-hydroxylation sites is 1. The lowest BCUT2D eigenvalue weighted by atomic mass is 9.74. The predicted octanol–water partition coefficient (Wildman–Crippen LogP) is 3.08. The Kier molecular flexibility index (Phi) is 4.87. The van der Waals surface area contributed by atoms with Crippen molar-refractivity contribution in [2.45, 2.75) is 26.7 Å². The number of hydrogen-bond acceptors (Lipinski definition) is 5. The SMILES string of the molecule is CC1(C)CC(=O)C(=C(O)/C=C/Nc2ccccc2C(=O)O)C(=O)C1. The third kappa shape index (κ3) is 3.90. The maximum absolute atomic E-state index is 12.1. The molecule has 1 aliphatic carbocycles. The number of carbonyl (C=O) groups is 3. The van der Waals surface area contributed by atoms with Crippen molar-refractivity contribution in [2.24, 2.45) is 5.41 Å². The van der Waals surface area contributed by atoms with Crippen molar-refractivity contribution in [2.75, 3.05) is 5.32 Å². The molecule has 0 spiro atoms. The number of benzene rings is 1. The summed E-state index contributed by atoms with van der Waals surface area (Å²) in [6.07, 6.45) is 2.87. The van der Waals surface area contributed by atoms with Crippen molar-refractivity contribution in [1.29, 1.82) is 0 Å². The number of aliphatic hydroxyl groups excluding tert-OH is 1. The van der Waals surface area contributed by atoms with Crippen LogP contribution in [0.5, 0.6) is 0 Å². The van der Waals surface area contributed by atoms with Gasteiger partial charge in [0, 0.05) is 19.0 Å². The molecule has 1 aromatic carbocycles. The molecule has 2 rings (SSSR count). The summed E-state index contributed by atoms with van der Waals surface area (Å²) in [5.74, 6) is -2.27. The third-order valence-corrected chi connectivity index (χ3v) is 3.73. The van der Waals surface area contributed by atoms with Crippen LogP contribution in [0.15, 0.2) is 47.9 Å². The first-order valence-corrected chi connectivity index (χ1v) is 7.46. The van der Waals surface area contributed by atoms with E-state index in [0.29, 0.717) is 5.69 Å². The highest BCUT2D eigenvalue weighted by atomic mass is 16.4. The van der Waals surface area contributed by atoms with Gasteiger partial charge >= 0.3 is 5.97 Å². The van der Waals surface area contributed by atoms with Gasteiger partial charge in [-0.15, -0.1) is 0 Å². The highest BCUT2D eigenvalue weighted by molar-refractivity contribution is 6.22. The van der Waals surface area contributed by atoms with Crippen molar-refractivity contribution in [3.63, 3.8) is 0 Å². The lowest BCUT2D eigenvalue weighted by Crippen LogP contribution is -2.32. The van der Waals surface area contributed by atoms with Crippen LogP contribution < -0.4 is 5.32 Å². The smallest absolute Gasteiger partial charge is 0.337 e. The second-order valence-corrected chi connectivity index (χ2v) is 6.45. The second-order valence-electron chi connectivity index (χ2n) is 6.45. The average Bonchev–Trinajstić information content (AvgIpc) is 2.45. The number of carboxylic acid groups (broad SMARTS) is 1. The zero-order valence-corrected chi connectivity index (χ0v) is 13.5. The molecular weight excluding hydrogens is 310 g/mol. The summed E-state index contributed by atoms with van der Waals surface area (Å²) in [5, 5.41) is 21.9. The first-order chi connectivity index (χ1) is 11.2. The highest BCUT2D eigenvalue weighted by Crippen LogP contribution is 2.34. The average molecular weight is 329 g/mol. The van der Waals surface area contributed by atoms with Crippen molar-refractivity contribution >= 4 is 23.2 Å². The fourth-order valence-electron chi connectivity index (χ4n) is 2.64. The van der Waals surface area contributed by atoms with Gasteiger partial charge in [-0.1, -0.05) is 26.0 Å². The number of Topliss-reactive ketones (excluding diaryl/α,β-unsaturated/α-hetero) is 2. The van der Waals surface area contributed by atoms with E-state index in [0.717, 1.165) is 0 Å². The van der Waals surface area contributed by atoms with Gasteiger partial charge in [-0.25, -0.2) is 4.79 Å². The van der Waals surface area contributed by atoms with Crippen LogP contribution >= 0.6 is 0 Å². The number of aromatic carboxylic acids is 1. The van der Waals surface area contributed by atoms with Crippen molar-refractivity contribution in [3.8, 4) is 0 Å². The molecule has 1 fully saturated rings. The van der Waals surface area contributed by atoms with Crippen molar-refractivity contribution < 1.29 is 24.6 Å². The number of carbonyl (C=O) groups excluding carboxylic acids is 2. The Balaban J connectivity index is 2.19. The molecule has 0 aromatic heterocycles. The van der Waals surface area contributed by atoms with Crippen LogP contribution in [0, 0.1) is 5.41 Å². The molecule has 0 unspecified atom stereocenters. The molecule has 1 aliphatic rings. The van der Waals surface area contributed by atoms with Gasteiger partial charge in [-0.2, -0.15) is 0 Å². The minimum atomic E-state index is -1.09. The maximum atomic E-state index is 12.1. The molecule has 0 atom stereocenters. The number of nitrogens with one attached hydrogen (secondary N) is 1. The fourth-order valence-corrected chi connectivity index (χ4v) is 2.64. The van der Waals surface area contributed by atoms with E-state index >= 15 is 0 Å². The number of hydrogen-bond donors (Lipinski definition) is 3. The number of anilines is 1. The number of carboxylic acids is 1. The van der Waals surface area contributed by atoms with Crippen LogP contribution in [0.4, 0.5) is 5.69 Å². The lowest BCUT2D eigenvalue weighted by Gasteiger charge is -2.28. The number of allylic oxidation sites excluding steroid dienone is 2. The number of aliphatic hydroxyl groups is 1. The standard InChI is InChI=1S/C18H19NO5/c1-18(2)9-14(21)16(15(22)10-18)13(20)7-8-19-12-6-4-3-5-11(12)17(23)24/h3-8,19-20H,9-10H2,1-2H3,(H,23,24)/b8-7+. The molecule has 6 nitrogen and oxygen atoms in total. The Bertz CT molecular complexity index is 736. The van der Waals surface area contributed by atoms with E-state index in [1.165, 1.54) is 18.3 Å². The summed E-state index contributed by atoms with van der Waals surface area (Å²) in [6.45, 7) is 3.66. The molecule has 24 heavy (non-hydrogen) atoms. The minimum Gasteiger partial charge on any atom is -0.507 e. The van der Waals surface area contributed by atoms with Gasteiger partial charge in [0.1, 0.15) is 11.3 Å². The largest absolute Gasteiger partial charge is 0.507 e. The quantitative estimate of drug-likeness (QED) is 0.445. The van der Waals surface area contributed by atoms with E-state index in [1.54, 1.807) is 18.2 Å². The normalized spacial score (nSPS) is 17.2. The lowest BCUT2D eigenvalue weighted by molar-refractivity contribution is -0.127. The van der Waals surface area contributed by atoms with Crippen LogP contribution in [0.1, 0.15) is 37.0 Å². The van der Waals surface area contributed by atoms with E-state index in [1.807, 2.05) is 13.8 Å². The molecular formula is C18H19NO5. The van der Waals surface area contributed by atoms with Gasteiger partial charge in [-0.05, 0) is 23.6 Å². The Hall–Kier alpha value is -2.89. The van der Waals surface area contributed by atoms with Crippen LogP contribution in [0.2, 0.25) is 0 Å². The summed E-state index contributed by atoms with van der Waals surface area (Å²) in [5.41, 5.74) is -0.193. The Morgan fingerprint density at radius 2 is 1.71 bits per heavy atom. The van der Waals surface area contributed by atoms with Crippen molar-refractivity contribution in [3.05, 3.63) is 53.4 Å². The molecule has 1 saturated carbocycles. The predicted molar refractivity (Wildman–Crippen MR) is 88.8 cm³/mol. The van der Waals surface area contributed by atoms with Crippen LogP contribution in [0.3, 0.4) is 0 Å². The van der Waals surface area contributed by atoms with E-state index in [-0.39, 0.29) is 35.5 Å². The summed E-state index contributed by atoms with van der Waals surface area (Å²) in [6, 6.07) is 6.26. The number of ketones is 2. The third-order valence-electron chi connectivity index (χ3n) is 3.73. The number of rotatable bonds is 4. The van der Waals surface area contributed by atoms with Crippen LogP contribution in [0.25, 0.3) is 0 Å². The maximum Gasteiger partial charge on any atom is 0.337 e. The molecule has 0 aliphatic heterocycles. The molecule has 0 saturated heterocycles. The van der Waals surface area contributed by atoms with Gasteiger partial charge in [0.05, 0.1) is 11.3 Å². The van der Waals surface area contributed by atoms with Crippen LogP contribution in [-0.4, -0.2) is 27.7 Å². The van der Waals surface area contributed by atoms with E-state index in [9.17, 15) is 19.5 Å². The first-order valence-electron chi connectivity index (χ1n) is 7.46. The second kappa shape index (κ2) is 6.70. The topological polar surface area (TPSA) is 104 Å². The van der Waals surface area contributed by atoms with Crippen LogP contribution in [-0.2, 0) is 9.59 Å². The highest BCUT2D eigenvalue weighted by Gasteiger charge is 2.37. The Labute approximate surface area is 139 Å². The minimum absolute atomic E-state index is 0.0702. The summed E-state index contributed by atoms with van der Waals surface area (Å²) in [4.78, 5) is 35.2. The zero-order valence-electron chi connectivity index (χ0n) is 13.5. The van der Waals surface area contributed by atoms with Gasteiger partial charge in [0.2, 0.25) is 0 Å². The molecule has 0 amide bonds. The van der Waals surface area contributed by atoms with Gasteiger partial charge in [0.15, 0.2) is 11.6 Å². The van der Waals surface area contributed by atoms with E-state index < -0.39 is 17.1 Å². The molecule has 1 aromatic rings. The zero-order chi connectivity index (χ0) is 17.9. The molecule has 3 N–H and O–H groups in total. The summed E-state index contributed by atoms with van der Waals surface area (Å²) >= 11 is 0. The van der Waals surface area contributed by atoms with E-state index in [4.69, 9.17) is 5.11 Å². The molecule has 0 bridgehead atoms. The van der Waals surface area contributed by atoms with Gasteiger partial charge in [-0.3, -0.25) is 9.59 Å². The van der Waals surface area contributed by atoms with Gasteiger partial charge < -0.3 is 15.5 Å². The van der Waals surface area contributed by atoms with Crippen molar-refractivity contribution in [1.82, 2.24) is 0 Å². The molecule has 0 radical (unpaired) electrons. The summed E-state index contributed by atoms with van der Waals surface area (Å²) < 4.78 is 0. The van der Waals surface area contributed by atoms with E-state index in [2.05, 4.69) is 5.32 Å². The summed E-state index contributed by atoms with van der Waals surface area (Å²) in [7, 11) is 0. The van der Waals surface area contributed by atoms with Gasteiger partial charge in [0.25, 0.3) is 0 Å². The first kappa shape index (κ1) is 17.5. The molecule has 0 heterocycles. The Morgan fingerprint density at radius 3 is 2.29 bits per heavy atom.